The molecule has 0 atom stereocenters. The van der Waals surface area contributed by atoms with Crippen LogP contribution in [-0.2, 0) is 9.47 Å². The SMILES string of the molecule is COC(=O)c1sc(Br)cc1NC(=O)OC(C)(C)C. The third-order valence-corrected chi connectivity index (χ3v) is 3.33. The first kappa shape index (κ1) is 15.0. The van der Waals surface area contributed by atoms with Gasteiger partial charge in [-0.05, 0) is 42.8 Å². The minimum Gasteiger partial charge on any atom is -0.465 e. The van der Waals surface area contributed by atoms with Gasteiger partial charge in [0, 0.05) is 0 Å². The number of halogens is 1. The Bertz CT molecular complexity index is 464. The lowest BCUT2D eigenvalue weighted by Gasteiger charge is -2.19. The van der Waals surface area contributed by atoms with Crippen molar-refractivity contribution >= 4 is 45.0 Å². The van der Waals surface area contributed by atoms with Gasteiger partial charge in [0.25, 0.3) is 0 Å². The Kier molecular flexibility index (Phi) is 4.75. The number of methoxy groups -OCH3 is 1. The van der Waals surface area contributed by atoms with E-state index in [4.69, 9.17) is 4.74 Å². The molecule has 1 amide bonds. The Balaban J connectivity index is 2.84. The lowest BCUT2D eigenvalue weighted by molar-refractivity contribution is 0.0607. The fourth-order valence-electron chi connectivity index (χ4n) is 1.11. The molecule has 1 heterocycles. The number of rotatable bonds is 2. The van der Waals surface area contributed by atoms with Gasteiger partial charge >= 0.3 is 12.1 Å². The van der Waals surface area contributed by atoms with E-state index in [0.717, 1.165) is 0 Å². The number of hydrogen-bond donors (Lipinski definition) is 1. The Hall–Kier alpha value is -1.08. The molecule has 1 rings (SSSR count). The van der Waals surface area contributed by atoms with Crippen LogP contribution in [0.2, 0.25) is 0 Å². The first-order valence-electron chi connectivity index (χ1n) is 5.10. The van der Waals surface area contributed by atoms with E-state index in [1.165, 1.54) is 18.4 Å². The van der Waals surface area contributed by atoms with E-state index in [9.17, 15) is 9.59 Å². The van der Waals surface area contributed by atoms with E-state index in [2.05, 4.69) is 26.0 Å². The van der Waals surface area contributed by atoms with Crippen molar-refractivity contribution in [2.75, 3.05) is 12.4 Å². The zero-order valence-electron chi connectivity index (χ0n) is 10.5. The highest BCUT2D eigenvalue weighted by Gasteiger charge is 2.21. The quantitative estimate of drug-likeness (QED) is 0.838. The summed E-state index contributed by atoms with van der Waals surface area (Å²) in [6.45, 7) is 5.28. The minimum absolute atomic E-state index is 0.315. The van der Waals surface area contributed by atoms with Crippen LogP contribution in [0.15, 0.2) is 9.85 Å². The van der Waals surface area contributed by atoms with E-state index in [1.807, 2.05) is 0 Å². The standard InChI is InChI=1S/C11H14BrNO4S/c1-11(2,3)17-10(15)13-6-5-7(12)18-8(6)9(14)16-4/h5H,1-4H3,(H,13,15). The van der Waals surface area contributed by atoms with Crippen LogP contribution in [0, 0.1) is 0 Å². The average molecular weight is 336 g/mol. The summed E-state index contributed by atoms with van der Waals surface area (Å²) in [5, 5.41) is 2.52. The highest BCUT2D eigenvalue weighted by Crippen LogP contribution is 2.32. The molecule has 1 N–H and O–H groups in total. The van der Waals surface area contributed by atoms with Crippen molar-refractivity contribution in [1.82, 2.24) is 0 Å². The second kappa shape index (κ2) is 5.71. The molecule has 0 aromatic carbocycles. The van der Waals surface area contributed by atoms with Crippen molar-refractivity contribution in [1.29, 1.82) is 0 Å². The highest BCUT2D eigenvalue weighted by molar-refractivity contribution is 9.11. The van der Waals surface area contributed by atoms with Gasteiger partial charge in [-0.25, -0.2) is 9.59 Å². The second-order valence-corrected chi connectivity index (χ2v) is 6.84. The summed E-state index contributed by atoms with van der Waals surface area (Å²) < 4.78 is 10.5. The topological polar surface area (TPSA) is 64.6 Å². The first-order chi connectivity index (χ1) is 8.23. The molecule has 0 fully saturated rings. The third kappa shape index (κ3) is 4.30. The van der Waals surface area contributed by atoms with Crippen molar-refractivity contribution in [3.8, 4) is 0 Å². The predicted octanol–water partition coefficient (Wildman–Crippen LogP) is 3.64. The maximum Gasteiger partial charge on any atom is 0.412 e. The van der Waals surface area contributed by atoms with Gasteiger partial charge in [-0.2, -0.15) is 0 Å². The number of thiophene rings is 1. The number of amides is 1. The molecule has 5 nitrogen and oxygen atoms in total. The van der Waals surface area contributed by atoms with Gasteiger partial charge in [0.2, 0.25) is 0 Å². The molecule has 0 aliphatic heterocycles. The zero-order chi connectivity index (χ0) is 13.9. The lowest BCUT2D eigenvalue weighted by atomic mass is 10.2. The lowest BCUT2D eigenvalue weighted by Crippen LogP contribution is -2.27. The molecule has 7 heteroatoms. The maximum atomic E-state index is 11.6. The first-order valence-corrected chi connectivity index (χ1v) is 6.71. The molecule has 0 saturated carbocycles. The molecule has 0 spiro atoms. The van der Waals surface area contributed by atoms with Gasteiger partial charge in [0.05, 0.1) is 16.6 Å². The molecule has 18 heavy (non-hydrogen) atoms. The summed E-state index contributed by atoms with van der Waals surface area (Å²) >= 11 is 4.43. The van der Waals surface area contributed by atoms with Gasteiger partial charge in [-0.3, -0.25) is 5.32 Å². The van der Waals surface area contributed by atoms with E-state index in [-0.39, 0.29) is 0 Å². The normalized spacial score (nSPS) is 10.9. The van der Waals surface area contributed by atoms with Crippen LogP contribution >= 0.6 is 27.3 Å². The molecule has 0 bridgehead atoms. The van der Waals surface area contributed by atoms with Gasteiger partial charge in [0.1, 0.15) is 10.5 Å². The number of ether oxygens (including phenoxy) is 2. The molecule has 1 aromatic rings. The minimum atomic E-state index is -0.613. The van der Waals surface area contributed by atoms with Gasteiger partial charge in [-0.15, -0.1) is 11.3 Å². The maximum absolute atomic E-state index is 11.6. The summed E-state index contributed by atoms with van der Waals surface area (Å²) in [5.41, 5.74) is -0.226. The smallest absolute Gasteiger partial charge is 0.412 e. The number of carbonyl (C=O) groups is 2. The molecule has 0 unspecified atom stereocenters. The van der Waals surface area contributed by atoms with Crippen molar-refractivity contribution in [2.45, 2.75) is 26.4 Å². The fraction of sp³-hybridized carbons (Fsp3) is 0.455. The molecular weight excluding hydrogens is 322 g/mol. The van der Waals surface area contributed by atoms with E-state index in [0.29, 0.717) is 14.4 Å². The van der Waals surface area contributed by atoms with E-state index >= 15 is 0 Å². The molecule has 100 valence electrons. The molecule has 1 aromatic heterocycles. The zero-order valence-corrected chi connectivity index (χ0v) is 12.9. The van der Waals surface area contributed by atoms with E-state index < -0.39 is 17.7 Å². The van der Waals surface area contributed by atoms with Gasteiger partial charge < -0.3 is 9.47 Å². The van der Waals surface area contributed by atoms with Crippen LogP contribution < -0.4 is 5.32 Å². The van der Waals surface area contributed by atoms with Gasteiger partial charge in [-0.1, -0.05) is 0 Å². The van der Waals surface area contributed by atoms with Crippen molar-refractivity contribution in [2.24, 2.45) is 0 Å². The largest absolute Gasteiger partial charge is 0.465 e. The van der Waals surface area contributed by atoms with Crippen LogP contribution in [-0.4, -0.2) is 24.8 Å². The van der Waals surface area contributed by atoms with Crippen molar-refractivity contribution in [3.63, 3.8) is 0 Å². The Morgan fingerprint density at radius 2 is 2.00 bits per heavy atom. The van der Waals surface area contributed by atoms with Crippen LogP contribution in [0.25, 0.3) is 0 Å². The number of nitrogens with one attached hydrogen (secondary N) is 1. The number of esters is 1. The summed E-state index contributed by atoms with van der Waals surface area (Å²) in [5.74, 6) is -0.503. The van der Waals surface area contributed by atoms with Gasteiger partial charge in [0.15, 0.2) is 0 Å². The number of carbonyl (C=O) groups excluding carboxylic acids is 2. The second-order valence-electron chi connectivity index (χ2n) is 4.41. The number of anilines is 1. The molecule has 0 radical (unpaired) electrons. The molecule has 0 saturated heterocycles. The third-order valence-electron chi connectivity index (χ3n) is 1.71. The molecule has 0 aliphatic carbocycles. The van der Waals surface area contributed by atoms with Crippen molar-refractivity contribution in [3.05, 3.63) is 14.7 Å². The summed E-state index contributed by atoms with van der Waals surface area (Å²) in [6.07, 6.45) is -0.613. The molecule has 0 aliphatic rings. The average Bonchev–Trinajstić information content (AvgIpc) is 2.55. The fourth-order valence-corrected chi connectivity index (χ4v) is 2.58. The Labute approximate surface area is 118 Å². The summed E-state index contributed by atoms with van der Waals surface area (Å²) in [7, 11) is 1.28. The van der Waals surface area contributed by atoms with Crippen LogP contribution in [0.5, 0.6) is 0 Å². The van der Waals surface area contributed by atoms with Crippen molar-refractivity contribution < 1.29 is 19.1 Å². The Morgan fingerprint density at radius 1 is 1.39 bits per heavy atom. The van der Waals surface area contributed by atoms with Crippen LogP contribution in [0.1, 0.15) is 30.4 Å². The summed E-state index contributed by atoms with van der Waals surface area (Å²) in [4.78, 5) is 23.4. The Morgan fingerprint density at radius 3 is 2.50 bits per heavy atom. The molecular formula is C11H14BrNO4S. The van der Waals surface area contributed by atoms with E-state index in [1.54, 1.807) is 26.8 Å². The van der Waals surface area contributed by atoms with Crippen LogP contribution in [0.4, 0.5) is 10.5 Å². The summed E-state index contributed by atoms with van der Waals surface area (Å²) in [6, 6.07) is 1.63. The highest BCUT2D eigenvalue weighted by atomic mass is 79.9. The number of hydrogen-bond acceptors (Lipinski definition) is 5. The predicted molar refractivity (Wildman–Crippen MR) is 73.2 cm³/mol. The van der Waals surface area contributed by atoms with Crippen LogP contribution in [0.3, 0.4) is 0 Å². The monoisotopic (exact) mass is 335 g/mol.